The summed E-state index contributed by atoms with van der Waals surface area (Å²) >= 11 is 0. The Morgan fingerprint density at radius 2 is 1.88 bits per heavy atom. The second kappa shape index (κ2) is 7.25. The summed E-state index contributed by atoms with van der Waals surface area (Å²) in [6.07, 6.45) is 0. The fourth-order valence-corrected chi connectivity index (χ4v) is 1.86. The van der Waals surface area contributed by atoms with Gasteiger partial charge in [0.2, 0.25) is 11.7 Å². The van der Waals surface area contributed by atoms with Gasteiger partial charge in [0.05, 0.1) is 6.07 Å². The van der Waals surface area contributed by atoms with Gasteiger partial charge >= 0.3 is 17.9 Å². The fraction of sp³-hybridized carbons (Fsp3) is 0.0667. The molecule has 0 aliphatic carbocycles. The van der Waals surface area contributed by atoms with E-state index in [1.165, 1.54) is 0 Å². The lowest BCUT2D eigenvalue weighted by atomic mass is 10.2. The fourth-order valence-electron chi connectivity index (χ4n) is 1.86. The van der Waals surface area contributed by atoms with E-state index in [1.807, 2.05) is 6.07 Å². The van der Waals surface area contributed by atoms with Crippen molar-refractivity contribution in [3.63, 3.8) is 0 Å². The highest BCUT2D eigenvalue weighted by atomic mass is 16.7. The van der Waals surface area contributed by atoms with Gasteiger partial charge in [-0.1, -0.05) is 23.3 Å². The summed E-state index contributed by atoms with van der Waals surface area (Å²) < 4.78 is 14.6. The number of nitrogens with one attached hydrogen (secondary N) is 1. The van der Waals surface area contributed by atoms with E-state index in [1.54, 1.807) is 24.3 Å². The highest BCUT2D eigenvalue weighted by Gasteiger charge is 2.20. The molecule has 0 bridgehead atoms. The molecule has 2 heterocycles. The molecule has 0 radical (unpaired) electrons. The first-order valence-electron chi connectivity index (χ1n) is 7.13. The zero-order chi connectivity index (χ0) is 18.5. The molecule has 0 saturated heterocycles. The van der Waals surface area contributed by atoms with E-state index < -0.39 is 35.1 Å². The molecule has 0 fully saturated rings. The molecule has 0 spiro atoms. The Balaban J connectivity index is 1.53. The monoisotopic (exact) mass is 358 g/mol. The van der Waals surface area contributed by atoms with Crippen LogP contribution in [0.15, 0.2) is 51.3 Å². The van der Waals surface area contributed by atoms with E-state index in [9.17, 15) is 19.7 Å². The van der Waals surface area contributed by atoms with Crippen molar-refractivity contribution >= 4 is 23.8 Å². The van der Waals surface area contributed by atoms with Gasteiger partial charge in [-0.2, -0.15) is 0 Å². The molecule has 2 aromatic heterocycles. The molecule has 0 unspecified atom stereocenters. The number of ether oxygens (including phenoxy) is 1. The maximum Gasteiger partial charge on any atom is 0.433 e. The van der Waals surface area contributed by atoms with Crippen molar-refractivity contribution in [2.24, 2.45) is 0 Å². The van der Waals surface area contributed by atoms with Crippen LogP contribution in [-0.2, 0) is 9.53 Å². The van der Waals surface area contributed by atoms with Crippen LogP contribution in [0.2, 0.25) is 0 Å². The molecule has 0 aliphatic rings. The number of amides is 1. The minimum Gasteiger partial charge on any atom is -0.450 e. The molecule has 0 saturated carbocycles. The topological polar surface area (TPSA) is 151 Å². The molecule has 3 aromatic rings. The molecule has 11 heteroatoms. The first-order chi connectivity index (χ1) is 12.5. The van der Waals surface area contributed by atoms with E-state index in [-0.39, 0.29) is 11.9 Å². The molecule has 132 valence electrons. The SMILES string of the molecule is O=C(COC(=O)c1ccc([N+](=O)[O-])o1)Nc1nnc(-c2ccccc2)o1. The summed E-state index contributed by atoms with van der Waals surface area (Å²) in [5, 5.41) is 20.2. The quantitative estimate of drug-likeness (QED) is 0.396. The minimum atomic E-state index is -1.02. The predicted octanol–water partition coefficient (Wildman–Crippen LogP) is 2.03. The molecule has 3 rings (SSSR count). The van der Waals surface area contributed by atoms with Crippen molar-refractivity contribution in [2.45, 2.75) is 0 Å². The van der Waals surface area contributed by atoms with Gasteiger partial charge < -0.3 is 13.6 Å². The van der Waals surface area contributed by atoms with Crippen LogP contribution in [0.1, 0.15) is 10.6 Å². The van der Waals surface area contributed by atoms with Crippen LogP contribution in [-0.4, -0.2) is 33.6 Å². The molecular weight excluding hydrogens is 348 g/mol. The van der Waals surface area contributed by atoms with Gasteiger partial charge in [0, 0.05) is 5.56 Å². The number of esters is 1. The van der Waals surface area contributed by atoms with E-state index in [2.05, 4.69) is 24.7 Å². The highest BCUT2D eigenvalue weighted by molar-refractivity contribution is 5.93. The Kier molecular flexibility index (Phi) is 4.69. The van der Waals surface area contributed by atoms with Gasteiger partial charge in [0.25, 0.3) is 5.91 Å². The average molecular weight is 358 g/mol. The van der Waals surface area contributed by atoms with Crippen molar-refractivity contribution in [3.05, 3.63) is 58.3 Å². The lowest BCUT2D eigenvalue weighted by molar-refractivity contribution is -0.402. The number of nitrogens with zero attached hydrogens (tertiary/aromatic N) is 3. The molecule has 0 aliphatic heterocycles. The van der Waals surface area contributed by atoms with Crippen molar-refractivity contribution in [1.82, 2.24) is 10.2 Å². The zero-order valence-corrected chi connectivity index (χ0v) is 12.9. The second-order valence-electron chi connectivity index (χ2n) is 4.80. The van der Waals surface area contributed by atoms with E-state index >= 15 is 0 Å². The minimum absolute atomic E-state index is 0.168. The standard InChI is InChI=1S/C15H10N4O7/c20-11(8-24-14(21)10-6-7-12(25-10)19(22)23)16-15-18-17-13(26-15)9-4-2-1-3-5-9/h1-7H,8H2,(H,16,18,20). The maximum absolute atomic E-state index is 11.8. The third kappa shape index (κ3) is 3.90. The second-order valence-corrected chi connectivity index (χ2v) is 4.80. The number of carbonyl (C=O) groups excluding carboxylic acids is 2. The van der Waals surface area contributed by atoms with Crippen LogP contribution in [0.4, 0.5) is 11.9 Å². The summed E-state index contributed by atoms with van der Waals surface area (Å²) in [5.74, 6) is -2.55. The van der Waals surface area contributed by atoms with E-state index in [4.69, 9.17) is 4.42 Å². The van der Waals surface area contributed by atoms with Crippen molar-refractivity contribution in [1.29, 1.82) is 0 Å². The van der Waals surface area contributed by atoms with Crippen LogP contribution in [0.5, 0.6) is 0 Å². The summed E-state index contributed by atoms with van der Waals surface area (Å²) in [4.78, 5) is 33.1. The molecule has 1 N–H and O–H groups in total. The molecule has 26 heavy (non-hydrogen) atoms. The summed E-state index contributed by atoms with van der Waals surface area (Å²) in [6.45, 7) is -0.670. The smallest absolute Gasteiger partial charge is 0.433 e. The summed E-state index contributed by atoms with van der Waals surface area (Å²) in [7, 11) is 0. The number of benzene rings is 1. The first kappa shape index (κ1) is 16.8. The molecule has 1 amide bonds. The Morgan fingerprint density at radius 3 is 2.58 bits per heavy atom. The van der Waals surface area contributed by atoms with Crippen molar-refractivity contribution in [2.75, 3.05) is 11.9 Å². The van der Waals surface area contributed by atoms with Gasteiger partial charge in [0.1, 0.15) is 4.92 Å². The summed E-state index contributed by atoms with van der Waals surface area (Å²) in [5.41, 5.74) is 0.673. The predicted molar refractivity (Wildman–Crippen MR) is 84.0 cm³/mol. The normalized spacial score (nSPS) is 10.3. The Morgan fingerprint density at radius 1 is 1.12 bits per heavy atom. The highest BCUT2D eigenvalue weighted by Crippen LogP contribution is 2.19. The Hall–Kier alpha value is -4.02. The number of anilines is 1. The van der Waals surface area contributed by atoms with Crippen LogP contribution in [0, 0.1) is 10.1 Å². The van der Waals surface area contributed by atoms with Crippen LogP contribution >= 0.6 is 0 Å². The number of rotatable bonds is 6. The molecular formula is C15H10N4O7. The largest absolute Gasteiger partial charge is 0.450 e. The third-order valence-electron chi connectivity index (χ3n) is 3.00. The number of hydrogen-bond acceptors (Lipinski definition) is 9. The average Bonchev–Trinajstić information content (AvgIpc) is 3.30. The van der Waals surface area contributed by atoms with Gasteiger partial charge in [-0.15, -0.1) is 5.10 Å². The molecule has 1 aromatic carbocycles. The van der Waals surface area contributed by atoms with Gasteiger partial charge in [0.15, 0.2) is 6.61 Å². The van der Waals surface area contributed by atoms with Gasteiger partial charge in [-0.25, -0.2) is 4.79 Å². The number of carbonyl (C=O) groups is 2. The van der Waals surface area contributed by atoms with Gasteiger partial charge in [-0.05, 0) is 18.2 Å². The van der Waals surface area contributed by atoms with E-state index in [0.717, 1.165) is 12.1 Å². The van der Waals surface area contributed by atoms with Crippen molar-refractivity contribution in [3.8, 4) is 11.5 Å². The molecule has 0 atom stereocenters. The van der Waals surface area contributed by atoms with Gasteiger partial charge in [-0.3, -0.25) is 20.2 Å². The lowest BCUT2D eigenvalue weighted by Crippen LogP contribution is -2.20. The van der Waals surface area contributed by atoms with Crippen LogP contribution in [0.3, 0.4) is 0 Å². The van der Waals surface area contributed by atoms with Crippen LogP contribution in [0.25, 0.3) is 11.5 Å². The number of hydrogen-bond donors (Lipinski definition) is 1. The zero-order valence-electron chi connectivity index (χ0n) is 12.9. The maximum atomic E-state index is 11.8. The van der Waals surface area contributed by atoms with E-state index in [0.29, 0.717) is 5.56 Å². The third-order valence-corrected chi connectivity index (χ3v) is 3.00. The number of nitro groups is 1. The Labute approximate surface area is 144 Å². The lowest BCUT2D eigenvalue weighted by Gasteiger charge is -2.01. The number of aromatic nitrogens is 2. The number of furan rings is 1. The summed E-state index contributed by atoms with van der Waals surface area (Å²) in [6, 6.07) is 10.8. The van der Waals surface area contributed by atoms with Crippen molar-refractivity contribution < 1.29 is 28.1 Å². The van der Waals surface area contributed by atoms with Crippen LogP contribution < -0.4 is 5.32 Å². The first-order valence-corrected chi connectivity index (χ1v) is 7.13. The Bertz CT molecular complexity index is 948. The molecule has 11 nitrogen and oxygen atoms in total.